The van der Waals surface area contributed by atoms with Gasteiger partial charge in [0.2, 0.25) is 0 Å². The van der Waals surface area contributed by atoms with Gasteiger partial charge in [0.25, 0.3) is 0 Å². The molecule has 1 aromatic carbocycles. The summed E-state index contributed by atoms with van der Waals surface area (Å²) in [5, 5.41) is 8.78. The van der Waals surface area contributed by atoms with Gasteiger partial charge in [-0.3, -0.25) is 0 Å². The Balaban J connectivity index is 2.90. The van der Waals surface area contributed by atoms with E-state index in [2.05, 4.69) is 45.0 Å². The monoisotopic (exact) mass is 236 g/mol. The normalized spacial score (nSPS) is 14.6. The molecule has 1 atom stereocenters. The topological polar surface area (TPSA) is 29.5 Å². The van der Waals surface area contributed by atoms with Crippen molar-refractivity contribution in [1.82, 2.24) is 0 Å². The van der Waals surface area contributed by atoms with E-state index in [-0.39, 0.29) is 12.0 Å². The zero-order valence-corrected chi connectivity index (χ0v) is 11.2. The van der Waals surface area contributed by atoms with Crippen LogP contribution < -0.4 is 0 Å². The summed E-state index contributed by atoms with van der Waals surface area (Å²) in [5.74, 6) is 0. The molecule has 0 heterocycles. The van der Waals surface area contributed by atoms with Crippen molar-refractivity contribution in [3.05, 3.63) is 35.4 Å². The van der Waals surface area contributed by atoms with Gasteiger partial charge in [0.05, 0.1) is 19.8 Å². The van der Waals surface area contributed by atoms with Crippen LogP contribution >= 0.6 is 0 Å². The zero-order valence-electron chi connectivity index (χ0n) is 11.2. The lowest BCUT2D eigenvalue weighted by atomic mass is 9.78. The fourth-order valence-corrected chi connectivity index (χ4v) is 2.15. The van der Waals surface area contributed by atoms with Crippen LogP contribution in [-0.2, 0) is 16.6 Å². The summed E-state index contributed by atoms with van der Waals surface area (Å²) in [6.07, 6.45) is 2.08. The van der Waals surface area contributed by atoms with Gasteiger partial charge in [-0.25, -0.2) is 0 Å². The molecular formula is C15H24O2. The molecule has 1 aromatic rings. The van der Waals surface area contributed by atoms with E-state index in [9.17, 15) is 0 Å². The Morgan fingerprint density at radius 3 is 2.53 bits per heavy atom. The number of aliphatic hydroxyl groups excluding tert-OH is 1. The Morgan fingerprint density at radius 1 is 1.24 bits per heavy atom. The van der Waals surface area contributed by atoms with Crippen molar-refractivity contribution in [2.24, 2.45) is 0 Å². The predicted molar refractivity (Wildman–Crippen MR) is 71.4 cm³/mol. The second-order valence-corrected chi connectivity index (χ2v) is 4.70. The number of ether oxygens (including phenoxy) is 1. The van der Waals surface area contributed by atoms with Crippen LogP contribution in [-0.4, -0.2) is 24.9 Å². The Bertz CT molecular complexity index is 335. The number of hydrogen-bond acceptors (Lipinski definition) is 2. The standard InChI is InChI=1S/C15H24O2/c1-4-13-8-6-7-9-14(13)15(3,5-2)12-17-11-10-16/h6-9,16H,4-5,10-12H2,1-3H3. The van der Waals surface area contributed by atoms with Crippen molar-refractivity contribution in [3.63, 3.8) is 0 Å². The van der Waals surface area contributed by atoms with Crippen molar-refractivity contribution in [1.29, 1.82) is 0 Å². The molecule has 0 saturated carbocycles. The SMILES string of the molecule is CCc1ccccc1C(C)(CC)COCCO. The molecule has 0 aliphatic carbocycles. The van der Waals surface area contributed by atoms with E-state index < -0.39 is 0 Å². The summed E-state index contributed by atoms with van der Waals surface area (Å²) in [7, 11) is 0. The van der Waals surface area contributed by atoms with Crippen molar-refractivity contribution in [2.75, 3.05) is 19.8 Å². The zero-order chi connectivity index (χ0) is 12.7. The maximum atomic E-state index is 8.78. The summed E-state index contributed by atoms with van der Waals surface area (Å²) in [6.45, 7) is 7.79. The van der Waals surface area contributed by atoms with E-state index in [1.165, 1.54) is 11.1 Å². The molecule has 0 radical (unpaired) electrons. The average Bonchev–Trinajstić information content (AvgIpc) is 2.38. The molecule has 0 amide bonds. The molecule has 0 saturated heterocycles. The molecule has 96 valence electrons. The Hall–Kier alpha value is -0.860. The van der Waals surface area contributed by atoms with E-state index in [0.29, 0.717) is 13.2 Å². The van der Waals surface area contributed by atoms with Gasteiger partial charge in [0, 0.05) is 5.41 Å². The number of hydrogen-bond donors (Lipinski definition) is 1. The van der Waals surface area contributed by atoms with Gasteiger partial charge in [0.15, 0.2) is 0 Å². The molecule has 0 aliphatic heterocycles. The molecular weight excluding hydrogens is 212 g/mol. The smallest absolute Gasteiger partial charge is 0.0698 e. The number of rotatable bonds is 7. The van der Waals surface area contributed by atoms with Crippen molar-refractivity contribution in [2.45, 2.75) is 39.0 Å². The average molecular weight is 236 g/mol. The first-order chi connectivity index (χ1) is 8.18. The fourth-order valence-electron chi connectivity index (χ4n) is 2.15. The molecule has 0 fully saturated rings. The number of aliphatic hydroxyl groups is 1. The largest absolute Gasteiger partial charge is 0.394 e. The van der Waals surface area contributed by atoms with Crippen molar-refractivity contribution >= 4 is 0 Å². The summed E-state index contributed by atoms with van der Waals surface area (Å²) in [4.78, 5) is 0. The minimum absolute atomic E-state index is 0.0434. The van der Waals surface area contributed by atoms with Gasteiger partial charge >= 0.3 is 0 Å². The molecule has 0 bridgehead atoms. The third-order valence-electron chi connectivity index (χ3n) is 3.49. The van der Waals surface area contributed by atoms with Crippen LogP contribution in [0.25, 0.3) is 0 Å². The summed E-state index contributed by atoms with van der Waals surface area (Å²) in [6, 6.07) is 8.57. The molecule has 2 heteroatoms. The molecule has 1 rings (SSSR count). The molecule has 1 N–H and O–H groups in total. The van der Waals surface area contributed by atoms with Crippen LogP contribution in [0.4, 0.5) is 0 Å². The summed E-state index contributed by atoms with van der Waals surface area (Å²) in [5.41, 5.74) is 2.81. The second-order valence-electron chi connectivity index (χ2n) is 4.70. The van der Waals surface area contributed by atoms with Gasteiger partial charge < -0.3 is 9.84 Å². The van der Waals surface area contributed by atoms with E-state index >= 15 is 0 Å². The van der Waals surface area contributed by atoms with Crippen LogP contribution in [0.3, 0.4) is 0 Å². The highest BCUT2D eigenvalue weighted by atomic mass is 16.5. The quantitative estimate of drug-likeness (QED) is 0.738. The van der Waals surface area contributed by atoms with Crippen molar-refractivity contribution < 1.29 is 9.84 Å². The van der Waals surface area contributed by atoms with Gasteiger partial charge in [0.1, 0.15) is 0 Å². The lowest BCUT2D eigenvalue weighted by Crippen LogP contribution is -2.29. The van der Waals surface area contributed by atoms with Gasteiger partial charge in [-0.1, -0.05) is 45.0 Å². The van der Waals surface area contributed by atoms with Crippen LogP contribution in [0.1, 0.15) is 38.3 Å². The maximum Gasteiger partial charge on any atom is 0.0698 e. The molecule has 1 unspecified atom stereocenters. The molecule has 2 nitrogen and oxygen atoms in total. The predicted octanol–water partition coefficient (Wildman–Crippen LogP) is 2.93. The van der Waals surface area contributed by atoms with E-state index in [0.717, 1.165) is 12.8 Å². The minimum Gasteiger partial charge on any atom is -0.394 e. The third-order valence-corrected chi connectivity index (χ3v) is 3.49. The number of aryl methyl sites for hydroxylation is 1. The first kappa shape index (κ1) is 14.2. The highest BCUT2D eigenvalue weighted by molar-refractivity contribution is 5.34. The Morgan fingerprint density at radius 2 is 1.94 bits per heavy atom. The first-order valence-electron chi connectivity index (χ1n) is 6.45. The van der Waals surface area contributed by atoms with Gasteiger partial charge in [-0.2, -0.15) is 0 Å². The van der Waals surface area contributed by atoms with Crippen LogP contribution in [0.15, 0.2) is 24.3 Å². The van der Waals surface area contributed by atoms with Crippen molar-refractivity contribution in [3.8, 4) is 0 Å². The first-order valence-corrected chi connectivity index (χ1v) is 6.45. The van der Waals surface area contributed by atoms with E-state index in [1.807, 2.05) is 0 Å². The fraction of sp³-hybridized carbons (Fsp3) is 0.600. The molecule has 0 aromatic heterocycles. The maximum absolute atomic E-state index is 8.78. The summed E-state index contributed by atoms with van der Waals surface area (Å²) < 4.78 is 5.54. The third kappa shape index (κ3) is 3.55. The minimum atomic E-state index is 0.0434. The molecule has 0 aliphatic rings. The lowest BCUT2D eigenvalue weighted by Gasteiger charge is -2.30. The lowest BCUT2D eigenvalue weighted by molar-refractivity contribution is 0.0581. The molecule has 0 spiro atoms. The van der Waals surface area contributed by atoms with E-state index in [4.69, 9.17) is 9.84 Å². The van der Waals surface area contributed by atoms with Gasteiger partial charge in [-0.05, 0) is 24.0 Å². The summed E-state index contributed by atoms with van der Waals surface area (Å²) >= 11 is 0. The highest BCUT2D eigenvalue weighted by Gasteiger charge is 2.26. The van der Waals surface area contributed by atoms with Crippen LogP contribution in [0.2, 0.25) is 0 Å². The Kier molecular flexibility index (Phi) is 5.66. The van der Waals surface area contributed by atoms with Gasteiger partial charge in [-0.15, -0.1) is 0 Å². The second kappa shape index (κ2) is 6.77. The highest BCUT2D eigenvalue weighted by Crippen LogP contribution is 2.30. The van der Waals surface area contributed by atoms with Crippen LogP contribution in [0, 0.1) is 0 Å². The van der Waals surface area contributed by atoms with E-state index in [1.54, 1.807) is 0 Å². The Labute approximate surface area is 105 Å². The van der Waals surface area contributed by atoms with Crippen LogP contribution in [0.5, 0.6) is 0 Å². The molecule has 17 heavy (non-hydrogen) atoms. The number of benzene rings is 1.